The first kappa shape index (κ1) is 17.2. The molecule has 0 radical (unpaired) electrons. The van der Waals surface area contributed by atoms with Crippen LogP contribution in [0.5, 0.6) is 0 Å². The van der Waals surface area contributed by atoms with Crippen LogP contribution in [0.1, 0.15) is 17.4 Å². The van der Waals surface area contributed by atoms with Gasteiger partial charge in [-0.1, -0.05) is 18.2 Å². The Bertz CT molecular complexity index is 976. The summed E-state index contributed by atoms with van der Waals surface area (Å²) in [5, 5.41) is 5.05. The third kappa shape index (κ3) is 3.42. The van der Waals surface area contributed by atoms with Gasteiger partial charge in [0.2, 0.25) is 0 Å². The number of aromatic nitrogens is 3. The normalized spacial score (nSPS) is 11.8. The average Bonchev–Trinajstić information content (AvgIpc) is 2.66. The number of hydrazine groups is 1. The standard InChI is InChI=1S/C17H17N7O2/c1-10(9-25)24(19)14-8-21-15(16(18)26)17(23-14)22-12-6-11-4-2-3-5-13(11)20-7-12/h2-10H,19H2,1H3,(H2,18,26)(H,22,23)/t10-/m1/s1. The van der Waals surface area contributed by atoms with Crippen LogP contribution in [0.25, 0.3) is 10.9 Å². The van der Waals surface area contributed by atoms with Gasteiger partial charge in [0.15, 0.2) is 17.3 Å². The summed E-state index contributed by atoms with van der Waals surface area (Å²) in [6.45, 7) is 1.61. The van der Waals surface area contributed by atoms with Gasteiger partial charge in [-0.2, -0.15) is 0 Å². The molecule has 132 valence electrons. The van der Waals surface area contributed by atoms with Crippen LogP contribution in [-0.4, -0.2) is 33.2 Å². The lowest BCUT2D eigenvalue weighted by molar-refractivity contribution is -0.108. The van der Waals surface area contributed by atoms with Crippen LogP contribution in [0.3, 0.4) is 0 Å². The zero-order chi connectivity index (χ0) is 18.7. The number of primary amides is 1. The highest BCUT2D eigenvalue weighted by molar-refractivity contribution is 5.96. The number of nitrogens with two attached hydrogens (primary N) is 2. The number of nitrogens with zero attached hydrogens (tertiary/aromatic N) is 4. The number of rotatable bonds is 6. The number of hydrogen-bond acceptors (Lipinski definition) is 8. The summed E-state index contributed by atoms with van der Waals surface area (Å²) in [7, 11) is 0. The van der Waals surface area contributed by atoms with E-state index in [0.717, 1.165) is 15.9 Å². The molecule has 0 aliphatic heterocycles. The number of hydrogen-bond donors (Lipinski definition) is 3. The van der Waals surface area contributed by atoms with Crippen molar-refractivity contribution in [1.29, 1.82) is 0 Å². The number of pyridine rings is 1. The van der Waals surface area contributed by atoms with Gasteiger partial charge in [0.25, 0.3) is 5.91 Å². The highest BCUT2D eigenvalue weighted by Crippen LogP contribution is 2.22. The number of nitrogens with one attached hydrogen (secondary N) is 1. The molecule has 1 atom stereocenters. The molecule has 9 heteroatoms. The van der Waals surface area contributed by atoms with E-state index in [-0.39, 0.29) is 17.3 Å². The third-order valence-electron chi connectivity index (χ3n) is 3.75. The van der Waals surface area contributed by atoms with Crippen LogP contribution in [0.15, 0.2) is 42.7 Å². The Labute approximate surface area is 149 Å². The van der Waals surface area contributed by atoms with Gasteiger partial charge >= 0.3 is 0 Å². The molecule has 0 saturated heterocycles. The Morgan fingerprint density at radius 3 is 2.77 bits per heavy atom. The molecule has 0 aliphatic carbocycles. The summed E-state index contributed by atoms with van der Waals surface area (Å²) in [6, 6.07) is 8.84. The maximum atomic E-state index is 11.7. The molecular weight excluding hydrogens is 334 g/mol. The van der Waals surface area contributed by atoms with Gasteiger partial charge < -0.3 is 15.8 Å². The van der Waals surface area contributed by atoms with Crippen molar-refractivity contribution in [3.05, 3.63) is 48.4 Å². The Morgan fingerprint density at radius 1 is 1.27 bits per heavy atom. The maximum absolute atomic E-state index is 11.7. The molecule has 1 aromatic carbocycles. The highest BCUT2D eigenvalue weighted by atomic mass is 16.1. The Hall–Kier alpha value is -3.59. The second kappa shape index (κ2) is 7.11. The van der Waals surface area contributed by atoms with Crippen LogP contribution < -0.4 is 21.9 Å². The summed E-state index contributed by atoms with van der Waals surface area (Å²) in [4.78, 5) is 35.2. The van der Waals surface area contributed by atoms with Crippen molar-refractivity contribution in [1.82, 2.24) is 15.0 Å². The van der Waals surface area contributed by atoms with Crippen molar-refractivity contribution in [3.63, 3.8) is 0 Å². The van der Waals surface area contributed by atoms with Crippen LogP contribution in [0.2, 0.25) is 0 Å². The fourth-order valence-corrected chi connectivity index (χ4v) is 2.32. The molecule has 0 spiro atoms. The maximum Gasteiger partial charge on any atom is 0.271 e. The number of anilines is 3. The molecule has 0 aliphatic rings. The van der Waals surface area contributed by atoms with Crippen LogP contribution in [0.4, 0.5) is 17.3 Å². The molecule has 0 saturated carbocycles. The van der Waals surface area contributed by atoms with Gasteiger partial charge in [-0.3, -0.25) is 14.8 Å². The van der Waals surface area contributed by atoms with E-state index in [2.05, 4.69) is 20.3 Å². The predicted octanol–water partition coefficient (Wildman–Crippen LogP) is 1.13. The molecule has 0 bridgehead atoms. The molecule has 0 fully saturated rings. The third-order valence-corrected chi connectivity index (χ3v) is 3.75. The van der Waals surface area contributed by atoms with Crippen molar-refractivity contribution < 1.29 is 9.59 Å². The largest absolute Gasteiger partial charge is 0.364 e. The number of para-hydroxylation sites is 1. The Kier molecular flexibility index (Phi) is 4.72. The smallest absolute Gasteiger partial charge is 0.271 e. The number of carbonyl (C=O) groups excluding carboxylic acids is 2. The fraction of sp³-hybridized carbons (Fsp3) is 0.118. The molecule has 0 unspecified atom stereocenters. The SMILES string of the molecule is C[C@H](C=O)N(N)c1cnc(C(N)=O)c(Nc2cnc3ccccc3c2)n1. The second-order valence-electron chi connectivity index (χ2n) is 5.62. The van der Waals surface area contributed by atoms with E-state index in [9.17, 15) is 9.59 Å². The summed E-state index contributed by atoms with van der Waals surface area (Å²) >= 11 is 0. The molecule has 26 heavy (non-hydrogen) atoms. The minimum atomic E-state index is -0.743. The minimum absolute atomic E-state index is 0.0472. The van der Waals surface area contributed by atoms with Gasteiger partial charge in [0.1, 0.15) is 6.29 Å². The molecular formula is C17H17N7O2. The van der Waals surface area contributed by atoms with E-state index in [0.29, 0.717) is 12.0 Å². The number of amides is 1. The summed E-state index contributed by atoms with van der Waals surface area (Å²) in [6.07, 6.45) is 3.56. The quantitative estimate of drug-likeness (QED) is 0.341. The number of benzene rings is 1. The van der Waals surface area contributed by atoms with Gasteiger partial charge in [0, 0.05) is 5.39 Å². The van der Waals surface area contributed by atoms with Crippen LogP contribution in [0, 0.1) is 0 Å². The van der Waals surface area contributed by atoms with Gasteiger partial charge in [-0.05, 0) is 19.1 Å². The van der Waals surface area contributed by atoms with E-state index in [1.54, 1.807) is 13.1 Å². The molecule has 3 rings (SSSR count). The lowest BCUT2D eigenvalue weighted by Crippen LogP contribution is -2.41. The van der Waals surface area contributed by atoms with Gasteiger partial charge in [0.05, 0.1) is 29.6 Å². The van der Waals surface area contributed by atoms with Gasteiger partial charge in [-0.15, -0.1) is 0 Å². The van der Waals surface area contributed by atoms with Gasteiger partial charge in [-0.25, -0.2) is 15.8 Å². The zero-order valence-corrected chi connectivity index (χ0v) is 14.0. The lowest BCUT2D eigenvalue weighted by Gasteiger charge is -2.21. The molecule has 2 aromatic heterocycles. The van der Waals surface area contributed by atoms with E-state index in [1.807, 2.05) is 30.3 Å². The van der Waals surface area contributed by atoms with Crippen molar-refractivity contribution in [2.24, 2.45) is 11.6 Å². The lowest BCUT2D eigenvalue weighted by atomic mass is 10.2. The molecule has 3 aromatic rings. The van der Waals surface area contributed by atoms with Crippen molar-refractivity contribution >= 4 is 40.4 Å². The van der Waals surface area contributed by atoms with Crippen molar-refractivity contribution in [2.45, 2.75) is 13.0 Å². The number of aldehydes is 1. The van der Waals surface area contributed by atoms with E-state index < -0.39 is 11.9 Å². The number of fused-ring (bicyclic) bond motifs is 1. The average molecular weight is 351 g/mol. The molecule has 1 amide bonds. The topological polar surface area (TPSA) is 140 Å². The first-order valence-corrected chi connectivity index (χ1v) is 7.77. The Balaban J connectivity index is 2.00. The minimum Gasteiger partial charge on any atom is -0.364 e. The molecule has 5 N–H and O–H groups in total. The van der Waals surface area contributed by atoms with E-state index in [4.69, 9.17) is 11.6 Å². The van der Waals surface area contributed by atoms with Crippen LogP contribution in [-0.2, 0) is 4.79 Å². The Morgan fingerprint density at radius 2 is 2.04 bits per heavy atom. The first-order valence-electron chi connectivity index (χ1n) is 7.77. The number of carbonyl (C=O) groups is 2. The van der Waals surface area contributed by atoms with Crippen molar-refractivity contribution in [2.75, 3.05) is 10.3 Å². The predicted molar refractivity (Wildman–Crippen MR) is 97.8 cm³/mol. The summed E-state index contributed by atoms with van der Waals surface area (Å²) in [5.74, 6) is 5.45. The highest BCUT2D eigenvalue weighted by Gasteiger charge is 2.17. The molecule has 9 nitrogen and oxygen atoms in total. The van der Waals surface area contributed by atoms with Crippen LogP contribution >= 0.6 is 0 Å². The zero-order valence-electron chi connectivity index (χ0n) is 14.0. The van der Waals surface area contributed by atoms with E-state index >= 15 is 0 Å². The second-order valence-corrected chi connectivity index (χ2v) is 5.62. The first-order chi connectivity index (χ1) is 12.5. The fourth-order valence-electron chi connectivity index (χ4n) is 2.32. The summed E-state index contributed by atoms with van der Waals surface area (Å²) in [5.41, 5.74) is 6.76. The van der Waals surface area contributed by atoms with E-state index in [1.165, 1.54) is 6.20 Å². The van der Waals surface area contributed by atoms with Crippen molar-refractivity contribution in [3.8, 4) is 0 Å². The molecule has 2 heterocycles. The monoisotopic (exact) mass is 351 g/mol. The summed E-state index contributed by atoms with van der Waals surface area (Å²) < 4.78 is 0.